The molecule has 4 atom stereocenters. The summed E-state index contributed by atoms with van der Waals surface area (Å²) < 4.78 is 6.38. The van der Waals surface area contributed by atoms with Crippen LogP contribution in [-0.2, 0) is 6.54 Å². The van der Waals surface area contributed by atoms with Gasteiger partial charge in [0.2, 0.25) is 0 Å². The number of rotatable bonds is 4. The molecule has 1 aromatic rings. The third kappa shape index (κ3) is 2.84. The molecule has 0 amide bonds. The van der Waals surface area contributed by atoms with E-state index in [9.17, 15) is 0 Å². The van der Waals surface area contributed by atoms with Gasteiger partial charge in [-0.05, 0) is 88.9 Å². The Morgan fingerprint density at radius 2 is 1.83 bits per heavy atom. The molecule has 2 nitrogen and oxygen atoms in total. The summed E-state index contributed by atoms with van der Waals surface area (Å²) in [4.78, 5) is 0. The van der Waals surface area contributed by atoms with E-state index in [1.54, 1.807) is 7.11 Å². The van der Waals surface area contributed by atoms with E-state index in [1.807, 2.05) is 0 Å². The topological polar surface area (TPSA) is 21.3 Å². The summed E-state index contributed by atoms with van der Waals surface area (Å²) in [5.74, 6) is 1.85. The van der Waals surface area contributed by atoms with E-state index in [0.29, 0.717) is 16.4 Å². The van der Waals surface area contributed by atoms with Crippen molar-refractivity contribution < 1.29 is 4.74 Å². The van der Waals surface area contributed by atoms with Gasteiger partial charge in [0.1, 0.15) is 5.75 Å². The normalized spacial score (nSPS) is 41.3. The standard InChI is InChI=1S/C20H28BrNO/c1-18-7-15-8-19(2,11-18)13-20(9-15,12-18)22-10-14-4-5-17(23-3)16(21)6-14/h4-6,15,22H,7-13H2,1-3H3/t15?,18-,19+,20?. The van der Waals surface area contributed by atoms with Gasteiger partial charge in [-0.2, -0.15) is 0 Å². The monoisotopic (exact) mass is 377 g/mol. The van der Waals surface area contributed by atoms with Crippen LogP contribution in [-0.4, -0.2) is 12.6 Å². The summed E-state index contributed by atoms with van der Waals surface area (Å²) in [7, 11) is 1.72. The van der Waals surface area contributed by atoms with Crippen molar-refractivity contribution in [3.63, 3.8) is 0 Å². The van der Waals surface area contributed by atoms with Crippen LogP contribution in [0.3, 0.4) is 0 Å². The Morgan fingerprint density at radius 1 is 1.13 bits per heavy atom. The van der Waals surface area contributed by atoms with Crippen molar-refractivity contribution in [2.45, 2.75) is 64.5 Å². The van der Waals surface area contributed by atoms with Crippen molar-refractivity contribution in [2.75, 3.05) is 7.11 Å². The Balaban J connectivity index is 1.52. The molecular formula is C20H28BrNO. The fourth-order valence-corrected chi connectivity index (χ4v) is 7.34. The summed E-state index contributed by atoms with van der Waals surface area (Å²) in [5.41, 5.74) is 2.85. The first kappa shape index (κ1) is 16.0. The minimum atomic E-state index is 0.370. The quantitative estimate of drug-likeness (QED) is 0.768. The second-order valence-corrected chi connectivity index (χ2v) is 10.1. The first-order valence-corrected chi connectivity index (χ1v) is 9.70. The molecule has 1 N–H and O–H groups in total. The van der Waals surface area contributed by atoms with E-state index in [1.165, 1.54) is 44.1 Å². The van der Waals surface area contributed by atoms with Gasteiger partial charge in [-0.3, -0.25) is 0 Å². The van der Waals surface area contributed by atoms with Gasteiger partial charge in [0.05, 0.1) is 11.6 Å². The molecule has 4 saturated carbocycles. The number of nitrogens with one attached hydrogen (secondary N) is 1. The largest absolute Gasteiger partial charge is 0.496 e. The van der Waals surface area contributed by atoms with Crippen molar-refractivity contribution in [3.05, 3.63) is 28.2 Å². The van der Waals surface area contributed by atoms with Crippen LogP contribution in [0.2, 0.25) is 0 Å². The van der Waals surface area contributed by atoms with E-state index in [-0.39, 0.29) is 0 Å². The minimum absolute atomic E-state index is 0.370. The zero-order valence-electron chi connectivity index (χ0n) is 14.5. The molecule has 0 aliphatic heterocycles. The average molecular weight is 378 g/mol. The molecule has 3 heteroatoms. The molecule has 4 aliphatic carbocycles. The predicted molar refractivity (Wildman–Crippen MR) is 97.7 cm³/mol. The van der Waals surface area contributed by atoms with E-state index in [2.05, 4.69) is 53.3 Å². The number of hydrogen-bond donors (Lipinski definition) is 1. The van der Waals surface area contributed by atoms with Crippen LogP contribution in [0, 0.1) is 16.7 Å². The molecule has 1 aromatic carbocycles. The van der Waals surface area contributed by atoms with Gasteiger partial charge in [0.15, 0.2) is 0 Å². The molecule has 4 bridgehead atoms. The van der Waals surface area contributed by atoms with Crippen LogP contribution in [0.1, 0.15) is 57.9 Å². The maximum absolute atomic E-state index is 5.34. The van der Waals surface area contributed by atoms with Gasteiger partial charge in [0.25, 0.3) is 0 Å². The van der Waals surface area contributed by atoms with Crippen LogP contribution < -0.4 is 10.1 Å². The summed E-state index contributed by atoms with van der Waals surface area (Å²) in [6, 6.07) is 6.43. The van der Waals surface area contributed by atoms with Gasteiger partial charge >= 0.3 is 0 Å². The van der Waals surface area contributed by atoms with Crippen LogP contribution >= 0.6 is 15.9 Å². The summed E-state index contributed by atoms with van der Waals surface area (Å²) in [5, 5.41) is 4.00. The van der Waals surface area contributed by atoms with Crippen molar-refractivity contribution in [3.8, 4) is 5.75 Å². The fraction of sp³-hybridized carbons (Fsp3) is 0.700. The molecule has 0 aromatic heterocycles. The van der Waals surface area contributed by atoms with Gasteiger partial charge in [-0.1, -0.05) is 19.9 Å². The van der Waals surface area contributed by atoms with Crippen LogP contribution in [0.5, 0.6) is 5.75 Å². The van der Waals surface area contributed by atoms with E-state index < -0.39 is 0 Å². The van der Waals surface area contributed by atoms with Gasteiger partial charge < -0.3 is 10.1 Å². The van der Waals surface area contributed by atoms with E-state index >= 15 is 0 Å². The number of benzene rings is 1. The SMILES string of the molecule is COc1ccc(CNC23CC4C[C@@](C)(C2)C[C@](C)(C4)C3)cc1Br. The average Bonchev–Trinajstić information content (AvgIpc) is 2.41. The third-order valence-corrected chi connectivity index (χ3v) is 7.13. The second kappa shape index (κ2) is 5.23. The first-order chi connectivity index (χ1) is 10.8. The van der Waals surface area contributed by atoms with E-state index in [0.717, 1.165) is 22.7 Å². The third-order valence-electron chi connectivity index (χ3n) is 6.51. The second-order valence-electron chi connectivity index (χ2n) is 9.23. The minimum Gasteiger partial charge on any atom is -0.496 e. The lowest BCUT2D eigenvalue weighted by Gasteiger charge is -2.65. The molecule has 23 heavy (non-hydrogen) atoms. The van der Waals surface area contributed by atoms with Crippen molar-refractivity contribution in [2.24, 2.45) is 16.7 Å². The molecule has 5 rings (SSSR count). The summed E-state index contributed by atoms with van der Waals surface area (Å²) in [6.07, 6.45) is 8.47. The fourth-order valence-electron chi connectivity index (χ4n) is 6.75. The highest BCUT2D eigenvalue weighted by Crippen LogP contribution is 2.66. The van der Waals surface area contributed by atoms with E-state index in [4.69, 9.17) is 4.74 Å². The lowest BCUT2D eigenvalue weighted by atomic mass is 9.43. The molecule has 126 valence electrons. The smallest absolute Gasteiger partial charge is 0.133 e. The lowest BCUT2D eigenvalue weighted by Crippen LogP contribution is -2.63. The Morgan fingerprint density at radius 3 is 2.39 bits per heavy atom. The molecule has 0 heterocycles. The predicted octanol–water partition coefficient (Wildman–Crippen LogP) is 5.30. The summed E-state index contributed by atoms with van der Waals surface area (Å²) in [6.45, 7) is 6.04. The Hall–Kier alpha value is -0.540. The van der Waals surface area contributed by atoms with Crippen LogP contribution in [0.15, 0.2) is 22.7 Å². The number of halogens is 1. The molecule has 4 aliphatic rings. The van der Waals surface area contributed by atoms with Crippen LogP contribution in [0.4, 0.5) is 0 Å². The Kier molecular flexibility index (Phi) is 3.63. The number of ether oxygens (including phenoxy) is 1. The molecule has 2 unspecified atom stereocenters. The number of methoxy groups -OCH3 is 1. The maximum Gasteiger partial charge on any atom is 0.133 e. The Bertz CT molecular complexity index is 610. The molecule has 0 spiro atoms. The summed E-state index contributed by atoms with van der Waals surface area (Å²) >= 11 is 3.61. The zero-order chi connectivity index (χ0) is 16.3. The molecular weight excluding hydrogens is 350 g/mol. The van der Waals surface area contributed by atoms with Gasteiger partial charge in [-0.15, -0.1) is 0 Å². The Labute approximate surface area is 148 Å². The zero-order valence-corrected chi connectivity index (χ0v) is 16.1. The molecule has 0 radical (unpaired) electrons. The van der Waals surface area contributed by atoms with Gasteiger partial charge in [-0.25, -0.2) is 0 Å². The number of hydrogen-bond acceptors (Lipinski definition) is 2. The maximum atomic E-state index is 5.34. The van der Waals surface area contributed by atoms with Crippen molar-refractivity contribution in [1.29, 1.82) is 0 Å². The van der Waals surface area contributed by atoms with Crippen molar-refractivity contribution in [1.82, 2.24) is 5.32 Å². The van der Waals surface area contributed by atoms with Gasteiger partial charge in [0, 0.05) is 12.1 Å². The highest BCUT2D eigenvalue weighted by atomic mass is 79.9. The lowest BCUT2D eigenvalue weighted by molar-refractivity contribution is -0.118. The molecule has 4 fully saturated rings. The highest BCUT2D eigenvalue weighted by molar-refractivity contribution is 9.10. The van der Waals surface area contributed by atoms with Crippen molar-refractivity contribution >= 4 is 15.9 Å². The van der Waals surface area contributed by atoms with Crippen LogP contribution in [0.25, 0.3) is 0 Å². The molecule has 0 saturated heterocycles. The first-order valence-electron chi connectivity index (χ1n) is 8.90. The highest BCUT2D eigenvalue weighted by Gasteiger charge is 2.59.